The highest BCUT2D eigenvalue weighted by molar-refractivity contribution is 5.82. The Labute approximate surface area is 119 Å². The van der Waals surface area contributed by atoms with Crippen LogP contribution < -0.4 is 10.5 Å². The minimum Gasteiger partial charge on any atom is -0.496 e. The van der Waals surface area contributed by atoms with E-state index in [-0.39, 0.29) is 18.6 Å². The van der Waals surface area contributed by atoms with Crippen molar-refractivity contribution in [1.82, 2.24) is 4.90 Å². The Morgan fingerprint density at radius 1 is 1.45 bits per heavy atom. The molecule has 1 amide bonds. The maximum atomic E-state index is 12.4. The molecule has 1 aromatic carbocycles. The molecule has 20 heavy (non-hydrogen) atoms. The summed E-state index contributed by atoms with van der Waals surface area (Å²) in [7, 11) is 3.20. The Morgan fingerprint density at radius 2 is 2.20 bits per heavy atom. The maximum absolute atomic E-state index is 12.4. The van der Waals surface area contributed by atoms with E-state index in [1.807, 2.05) is 29.2 Å². The van der Waals surface area contributed by atoms with E-state index in [1.54, 1.807) is 14.2 Å². The zero-order valence-electron chi connectivity index (χ0n) is 12.0. The molecule has 0 aliphatic carbocycles. The molecule has 0 aromatic heterocycles. The van der Waals surface area contributed by atoms with Crippen molar-refractivity contribution in [3.8, 4) is 5.75 Å². The van der Waals surface area contributed by atoms with Gasteiger partial charge < -0.3 is 20.1 Å². The van der Waals surface area contributed by atoms with Crippen LogP contribution in [-0.4, -0.2) is 44.2 Å². The van der Waals surface area contributed by atoms with Gasteiger partial charge in [-0.3, -0.25) is 4.79 Å². The van der Waals surface area contributed by atoms with Crippen LogP contribution in [0.15, 0.2) is 24.3 Å². The van der Waals surface area contributed by atoms with Crippen LogP contribution in [0.1, 0.15) is 24.4 Å². The van der Waals surface area contributed by atoms with Crippen LogP contribution in [0, 0.1) is 0 Å². The van der Waals surface area contributed by atoms with Crippen LogP contribution in [0.25, 0.3) is 0 Å². The lowest BCUT2D eigenvalue weighted by molar-refractivity contribution is -0.134. The van der Waals surface area contributed by atoms with E-state index in [2.05, 4.69) is 0 Å². The van der Waals surface area contributed by atoms with Gasteiger partial charge >= 0.3 is 0 Å². The van der Waals surface area contributed by atoms with Crippen molar-refractivity contribution in [1.29, 1.82) is 0 Å². The van der Waals surface area contributed by atoms with E-state index >= 15 is 0 Å². The third-order valence-electron chi connectivity index (χ3n) is 3.70. The van der Waals surface area contributed by atoms with E-state index in [1.165, 1.54) is 0 Å². The monoisotopic (exact) mass is 278 g/mol. The Morgan fingerprint density at radius 3 is 2.90 bits per heavy atom. The molecule has 0 radical (unpaired) electrons. The van der Waals surface area contributed by atoms with Crippen molar-refractivity contribution in [2.45, 2.75) is 24.9 Å². The fourth-order valence-electron chi connectivity index (χ4n) is 2.76. The number of methoxy groups -OCH3 is 2. The fraction of sp³-hybridized carbons (Fsp3) is 0.533. The highest BCUT2D eigenvalue weighted by Gasteiger charge is 2.33. The van der Waals surface area contributed by atoms with Crippen LogP contribution in [0.3, 0.4) is 0 Å². The van der Waals surface area contributed by atoms with Gasteiger partial charge in [-0.1, -0.05) is 18.2 Å². The Hall–Kier alpha value is -1.59. The standard InChI is InChI=1S/C15H22N2O3/c1-19-10-12(16)15(18)17-9-5-7-13(17)11-6-3-4-8-14(11)20-2/h3-4,6,8,12-13H,5,7,9-10,16H2,1-2H3. The molecule has 1 aliphatic rings. The minimum absolute atomic E-state index is 0.0431. The third kappa shape index (κ3) is 2.94. The second kappa shape index (κ2) is 6.72. The van der Waals surface area contributed by atoms with Gasteiger partial charge in [0.15, 0.2) is 0 Å². The van der Waals surface area contributed by atoms with Gasteiger partial charge in [0, 0.05) is 19.2 Å². The van der Waals surface area contributed by atoms with Crippen LogP contribution >= 0.6 is 0 Å². The van der Waals surface area contributed by atoms with Gasteiger partial charge in [-0.25, -0.2) is 0 Å². The van der Waals surface area contributed by atoms with E-state index in [4.69, 9.17) is 15.2 Å². The summed E-state index contributed by atoms with van der Waals surface area (Å²) in [5.74, 6) is 0.762. The van der Waals surface area contributed by atoms with Gasteiger partial charge in [-0.2, -0.15) is 0 Å². The van der Waals surface area contributed by atoms with Crippen LogP contribution in [0.2, 0.25) is 0 Å². The molecule has 5 nitrogen and oxygen atoms in total. The topological polar surface area (TPSA) is 64.8 Å². The summed E-state index contributed by atoms with van der Waals surface area (Å²) in [5.41, 5.74) is 6.92. The number of nitrogens with two attached hydrogens (primary N) is 1. The second-order valence-electron chi connectivity index (χ2n) is 4.99. The van der Waals surface area contributed by atoms with Crippen LogP contribution in [0.5, 0.6) is 5.75 Å². The first-order valence-electron chi connectivity index (χ1n) is 6.87. The molecule has 5 heteroatoms. The number of nitrogens with zero attached hydrogens (tertiary/aromatic N) is 1. The number of carbonyl (C=O) groups is 1. The van der Waals surface area contributed by atoms with Gasteiger partial charge in [-0.15, -0.1) is 0 Å². The lowest BCUT2D eigenvalue weighted by atomic mass is 10.0. The van der Waals surface area contributed by atoms with Crippen molar-refractivity contribution in [3.63, 3.8) is 0 Å². The summed E-state index contributed by atoms with van der Waals surface area (Å²) in [6, 6.07) is 7.27. The predicted octanol–water partition coefficient (Wildman–Crippen LogP) is 1.33. The molecule has 2 rings (SSSR count). The number of hydrogen-bond donors (Lipinski definition) is 1. The highest BCUT2D eigenvalue weighted by atomic mass is 16.5. The van der Waals surface area contributed by atoms with Crippen molar-refractivity contribution in [2.75, 3.05) is 27.4 Å². The molecule has 110 valence electrons. The highest BCUT2D eigenvalue weighted by Crippen LogP contribution is 2.37. The summed E-state index contributed by atoms with van der Waals surface area (Å²) < 4.78 is 10.4. The van der Waals surface area contributed by atoms with Crippen molar-refractivity contribution in [2.24, 2.45) is 5.73 Å². The Kier molecular flexibility index (Phi) is 4.98. The van der Waals surface area contributed by atoms with Gasteiger partial charge in [0.05, 0.1) is 19.8 Å². The lowest BCUT2D eigenvalue weighted by Gasteiger charge is -2.28. The zero-order valence-corrected chi connectivity index (χ0v) is 12.0. The number of rotatable bonds is 5. The molecule has 0 spiro atoms. The molecular weight excluding hydrogens is 256 g/mol. The Balaban J connectivity index is 2.20. The average Bonchev–Trinajstić information content (AvgIpc) is 2.95. The molecule has 1 heterocycles. The largest absolute Gasteiger partial charge is 0.496 e. The first-order valence-corrected chi connectivity index (χ1v) is 6.87. The average molecular weight is 278 g/mol. The molecule has 1 saturated heterocycles. The maximum Gasteiger partial charge on any atom is 0.242 e. The molecule has 1 aromatic rings. The summed E-state index contributed by atoms with van der Waals surface area (Å²) >= 11 is 0. The third-order valence-corrected chi connectivity index (χ3v) is 3.70. The normalized spacial score (nSPS) is 19.9. The summed E-state index contributed by atoms with van der Waals surface area (Å²) in [6.07, 6.45) is 1.92. The van der Waals surface area contributed by atoms with E-state index in [0.29, 0.717) is 0 Å². The summed E-state index contributed by atoms with van der Waals surface area (Å²) in [5, 5.41) is 0. The second-order valence-corrected chi connectivity index (χ2v) is 4.99. The number of amides is 1. The van der Waals surface area contributed by atoms with Gasteiger partial charge in [0.2, 0.25) is 5.91 Å². The van der Waals surface area contributed by atoms with Crippen LogP contribution in [0.4, 0.5) is 0 Å². The van der Waals surface area contributed by atoms with Crippen molar-refractivity contribution >= 4 is 5.91 Å². The number of para-hydroxylation sites is 1. The van der Waals surface area contributed by atoms with Gasteiger partial charge in [0.1, 0.15) is 11.8 Å². The molecule has 1 aliphatic heterocycles. The smallest absolute Gasteiger partial charge is 0.242 e. The SMILES string of the molecule is COCC(N)C(=O)N1CCCC1c1ccccc1OC. The van der Waals surface area contributed by atoms with Crippen molar-refractivity contribution in [3.05, 3.63) is 29.8 Å². The molecular formula is C15H22N2O3. The number of benzene rings is 1. The molecule has 1 fully saturated rings. The van der Waals surface area contributed by atoms with Crippen LogP contribution in [-0.2, 0) is 9.53 Å². The molecule has 2 atom stereocenters. The zero-order chi connectivity index (χ0) is 14.5. The first kappa shape index (κ1) is 14.8. The fourth-order valence-corrected chi connectivity index (χ4v) is 2.76. The predicted molar refractivity (Wildman–Crippen MR) is 76.5 cm³/mol. The molecule has 0 saturated carbocycles. The summed E-state index contributed by atoms with van der Waals surface area (Å²) in [6.45, 7) is 0.979. The number of carbonyl (C=O) groups excluding carboxylic acids is 1. The lowest BCUT2D eigenvalue weighted by Crippen LogP contribution is -2.45. The minimum atomic E-state index is -0.602. The van der Waals surface area contributed by atoms with E-state index < -0.39 is 6.04 Å². The number of ether oxygens (including phenoxy) is 2. The quantitative estimate of drug-likeness (QED) is 0.882. The first-order chi connectivity index (χ1) is 9.69. The van der Waals surface area contributed by atoms with Gasteiger partial charge in [0.25, 0.3) is 0 Å². The summed E-state index contributed by atoms with van der Waals surface area (Å²) in [4.78, 5) is 14.2. The molecule has 2 unspecified atom stereocenters. The van der Waals surface area contributed by atoms with E-state index in [0.717, 1.165) is 30.7 Å². The Bertz CT molecular complexity index is 464. The van der Waals surface area contributed by atoms with Gasteiger partial charge in [-0.05, 0) is 18.9 Å². The number of likely N-dealkylation sites (tertiary alicyclic amines) is 1. The van der Waals surface area contributed by atoms with E-state index in [9.17, 15) is 4.79 Å². The molecule has 2 N–H and O–H groups in total. The van der Waals surface area contributed by atoms with Crippen molar-refractivity contribution < 1.29 is 14.3 Å². The molecule has 0 bridgehead atoms. The number of hydrogen-bond acceptors (Lipinski definition) is 4.